The summed E-state index contributed by atoms with van der Waals surface area (Å²) in [6.45, 7) is 2.71. The second-order valence-electron chi connectivity index (χ2n) is 5.49. The van der Waals surface area contributed by atoms with Crippen LogP contribution < -0.4 is 10.6 Å². The summed E-state index contributed by atoms with van der Waals surface area (Å²) in [5.74, 6) is -0.986. The topological polar surface area (TPSA) is 87.7 Å². The van der Waals surface area contributed by atoms with Gasteiger partial charge in [-0.1, -0.05) is 0 Å². The number of rotatable bonds is 3. The van der Waals surface area contributed by atoms with E-state index in [4.69, 9.17) is 4.74 Å². The normalized spacial score (nSPS) is 24.7. The zero-order valence-corrected chi connectivity index (χ0v) is 10.6. The SMILES string of the molecule is CC1(NC(=O)NC2(C(=O)O)CCOCC2)CCC1. The lowest BCUT2D eigenvalue weighted by Gasteiger charge is -2.41. The molecule has 0 aromatic heterocycles. The molecule has 2 aliphatic rings. The van der Waals surface area contributed by atoms with Gasteiger partial charge in [0.1, 0.15) is 5.54 Å². The number of ether oxygens (including phenoxy) is 1. The number of hydrogen-bond donors (Lipinski definition) is 3. The second kappa shape index (κ2) is 4.76. The number of carboxylic acids is 1. The summed E-state index contributed by atoms with van der Waals surface area (Å²) < 4.78 is 5.15. The molecule has 0 bridgehead atoms. The highest BCUT2D eigenvalue weighted by Crippen LogP contribution is 2.31. The number of carboxylic acid groups (broad SMARTS) is 1. The van der Waals surface area contributed by atoms with Crippen LogP contribution in [0.3, 0.4) is 0 Å². The zero-order valence-electron chi connectivity index (χ0n) is 10.6. The molecule has 1 saturated carbocycles. The van der Waals surface area contributed by atoms with E-state index in [1.807, 2.05) is 6.92 Å². The minimum absolute atomic E-state index is 0.172. The maximum atomic E-state index is 11.9. The molecule has 0 unspecified atom stereocenters. The minimum Gasteiger partial charge on any atom is -0.480 e. The molecule has 1 aliphatic carbocycles. The number of urea groups is 1. The van der Waals surface area contributed by atoms with Gasteiger partial charge in [0.05, 0.1) is 0 Å². The second-order valence-corrected chi connectivity index (χ2v) is 5.49. The highest BCUT2D eigenvalue weighted by Gasteiger charge is 2.43. The molecule has 102 valence electrons. The lowest BCUT2D eigenvalue weighted by molar-refractivity contribution is -0.148. The summed E-state index contributed by atoms with van der Waals surface area (Å²) in [5.41, 5.74) is -1.35. The van der Waals surface area contributed by atoms with E-state index in [0.29, 0.717) is 26.1 Å². The monoisotopic (exact) mass is 256 g/mol. The Labute approximate surface area is 106 Å². The first-order valence-corrected chi connectivity index (χ1v) is 6.37. The molecule has 3 N–H and O–H groups in total. The third kappa shape index (κ3) is 2.58. The molecule has 1 aliphatic heterocycles. The average molecular weight is 256 g/mol. The van der Waals surface area contributed by atoms with Crippen molar-refractivity contribution < 1.29 is 19.4 Å². The molecule has 0 radical (unpaired) electrons. The number of hydrogen-bond acceptors (Lipinski definition) is 3. The molecule has 2 amide bonds. The molecule has 0 atom stereocenters. The Bertz CT molecular complexity index is 346. The van der Waals surface area contributed by atoms with Gasteiger partial charge < -0.3 is 20.5 Å². The summed E-state index contributed by atoms with van der Waals surface area (Å²) in [7, 11) is 0. The molecule has 2 fully saturated rings. The van der Waals surface area contributed by atoms with E-state index in [9.17, 15) is 14.7 Å². The Morgan fingerprint density at radius 2 is 1.72 bits per heavy atom. The van der Waals surface area contributed by atoms with E-state index >= 15 is 0 Å². The third-order valence-corrected chi connectivity index (χ3v) is 3.98. The first-order valence-electron chi connectivity index (χ1n) is 6.37. The van der Waals surface area contributed by atoms with Gasteiger partial charge >= 0.3 is 12.0 Å². The van der Waals surface area contributed by atoms with Crippen molar-refractivity contribution in [3.8, 4) is 0 Å². The first kappa shape index (κ1) is 13.1. The molecular formula is C12H20N2O4. The van der Waals surface area contributed by atoms with Gasteiger partial charge in [-0.2, -0.15) is 0 Å². The average Bonchev–Trinajstić information content (AvgIpc) is 2.27. The van der Waals surface area contributed by atoms with Gasteiger partial charge in [0, 0.05) is 31.6 Å². The van der Waals surface area contributed by atoms with Crippen molar-refractivity contribution in [3.05, 3.63) is 0 Å². The van der Waals surface area contributed by atoms with Crippen molar-refractivity contribution >= 4 is 12.0 Å². The van der Waals surface area contributed by atoms with Crippen LogP contribution in [-0.2, 0) is 9.53 Å². The van der Waals surface area contributed by atoms with Crippen LogP contribution in [0.5, 0.6) is 0 Å². The summed E-state index contributed by atoms with van der Waals surface area (Å²) in [5, 5.41) is 14.8. The lowest BCUT2D eigenvalue weighted by Crippen LogP contribution is -2.63. The van der Waals surface area contributed by atoms with Gasteiger partial charge in [-0.15, -0.1) is 0 Å². The van der Waals surface area contributed by atoms with Crippen molar-refractivity contribution in [2.75, 3.05) is 13.2 Å². The number of aliphatic carboxylic acids is 1. The van der Waals surface area contributed by atoms with Crippen molar-refractivity contribution in [2.24, 2.45) is 0 Å². The molecule has 0 aromatic carbocycles. The number of amides is 2. The highest BCUT2D eigenvalue weighted by atomic mass is 16.5. The van der Waals surface area contributed by atoms with Crippen LogP contribution >= 0.6 is 0 Å². The van der Waals surface area contributed by atoms with Gasteiger partial charge in [0.15, 0.2) is 0 Å². The number of carbonyl (C=O) groups excluding carboxylic acids is 1. The quantitative estimate of drug-likeness (QED) is 0.699. The van der Waals surface area contributed by atoms with Gasteiger partial charge in [0.25, 0.3) is 0 Å². The molecule has 6 nitrogen and oxygen atoms in total. The van der Waals surface area contributed by atoms with Crippen LogP contribution in [0.15, 0.2) is 0 Å². The largest absolute Gasteiger partial charge is 0.480 e. The van der Waals surface area contributed by atoms with Crippen molar-refractivity contribution in [3.63, 3.8) is 0 Å². The Morgan fingerprint density at radius 1 is 1.11 bits per heavy atom. The van der Waals surface area contributed by atoms with Crippen molar-refractivity contribution in [1.29, 1.82) is 0 Å². The predicted octanol–water partition coefficient (Wildman–Crippen LogP) is 0.862. The van der Waals surface area contributed by atoms with Crippen LogP contribution in [0.25, 0.3) is 0 Å². The Kier molecular flexibility index (Phi) is 3.47. The Hall–Kier alpha value is -1.30. The molecule has 1 saturated heterocycles. The summed E-state index contributed by atoms with van der Waals surface area (Å²) in [6.07, 6.45) is 3.63. The van der Waals surface area contributed by atoms with Crippen molar-refractivity contribution in [2.45, 2.75) is 50.1 Å². The van der Waals surface area contributed by atoms with E-state index < -0.39 is 11.5 Å². The highest BCUT2D eigenvalue weighted by molar-refractivity contribution is 5.86. The standard InChI is InChI=1S/C12H20N2O4/c1-11(3-2-4-11)13-10(17)14-12(9(15)16)5-7-18-8-6-12/h2-8H2,1H3,(H,15,16)(H2,13,14,17). The fraction of sp³-hybridized carbons (Fsp3) is 0.833. The maximum Gasteiger partial charge on any atom is 0.329 e. The van der Waals surface area contributed by atoms with Crippen LogP contribution in [0.1, 0.15) is 39.0 Å². The maximum absolute atomic E-state index is 11.9. The van der Waals surface area contributed by atoms with Gasteiger partial charge in [-0.25, -0.2) is 9.59 Å². The zero-order chi connectivity index (χ0) is 13.2. The molecule has 18 heavy (non-hydrogen) atoms. The van der Waals surface area contributed by atoms with E-state index in [1.165, 1.54) is 0 Å². The van der Waals surface area contributed by atoms with E-state index in [-0.39, 0.29) is 11.6 Å². The lowest BCUT2D eigenvalue weighted by atomic mass is 9.78. The van der Waals surface area contributed by atoms with Crippen LogP contribution in [0, 0.1) is 0 Å². The van der Waals surface area contributed by atoms with E-state index in [2.05, 4.69) is 10.6 Å². The van der Waals surface area contributed by atoms with Gasteiger partial charge in [-0.05, 0) is 26.2 Å². The van der Waals surface area contributed by atoms with E-state index in [0.717, 1.165) is 19.3 Å². The minimum atomic E-state index is -1.18. The third-order valence-electron chi connectivity index (χ3n) is 3.98. The van der Waals surface area contributed by atoms with Crippen LogP contribution in [-0.4, -0.2) is 41.4 Å². The van der Waals surface area contributed by atoms with Crippen LogP contribution in [0.4, 0.5) is 4.79 Å². The van der Waals surface area contributed by atoms with Crippen LogP contribution in [0.2, 0.25) is 0 Å². The van der Waals surface area contributed by atoms with Gasteiger partial charge in [0.2, 0.25) is 0 Å². The molecule has 1 heterocycles. The predicted molar refractivity (Wildman–Crippen MR) is 64.3 cm³/mol. The summed E-state index contributed by atoms with van der Waals surface area (Å²) >= 11 is 0. The van der Waals surface area contributed by atoms with Gasteiger partial charge in [-0.3, -0.25) is 0 Å². The summed E-state index contributed by atoms with van der Waals surface area (Å²) in [6, 6.07) is -0.387. The molecular weight excluding hydrogens is 236 g/mol. The first-order chi connectivity index (χ1) is 8.46. The Morgan fingerprint density at radius 3 is 2.17 bits per heavy atom. The molecule has 0 aromatic rings. The fourth-order valence-electron chi connectivity index (χ4n) is 2.47. The number of nitrogens with one attached hydrogen (secondary N) is 2. The summed E-state index contributed by atoms with van der Waals surface area (Å²) in [4.78, 5) is 23.3. The molecule has 0 spiro atoms. The fourth-order valence-corrected chi connectivity index (χ4v) is 2.47. The van der Waals surface area contributed by atoms with E-state index in [1.54, 1.807) is 0 Å². The smallest absolute Gasteiger partial charge is 0.329 e. The van der Waals surface area contributed by atoms with Crippen molar-refractivity contribution in [1.82, 2.24) is 10.6 Å². The molecule has 6 heteroatoms. The Balaban J connectivity index is 1.96. The number of carbonyl (C=O) groups is 2. The molecule has 2 rings (SSSR count).